The summed E-state index contributed by atoms with van der Waals surface area (Å²) in [6, 6.07) is 11.7. The zero-order chi connectivity index (χ0) is 21.7. The van der Waals surface area contributed by atoms with Gasteiger partial charge in [0.2, 0.25) is 0 Å². The molecule has 3 rings (SSSR count). The van der Waals surface area contributed by atoms with Gasteiger partial charge in [0, 0.05) is 22.2 Å². The zero-order valence-electron chi connectivity index (χ0n) is 16.7. The maximum Gasteiger partial charge on any atom is 0.273 e. The van der Waals surface area contributed by atoms with E-state index in [2.05, 4.69) is 10.3 Å². The van der Waals surface area contributed by atoms with Gasteiger partial charge in [0.05, 0.1) is 5.02 Å². The number of benzene rings is 2. The molecular formula is C22H23Cl2FN3O2+. The second kappa shape index (κ2) is 10.1. The molecule has 8 heteroatoms. The highest BCUT2D eigenvalue weighted by atomic mass is 35.5. The van der Waals surface area contributed by atoms with E-state index in [0.29, 0.717) is 35.6 Å². The molecule has 1 atom stereocenters. The fourth-order valence-electron chi connectivity index (χ4n) is 3.06. The van der Waals surface area contributed by atoms with Crippen molar-refractivity contribution in [3.63, 3.8) is 0 Å². The summed E-state index contributed by atoms with van der Waals surface area (Å²) in [5, 5.41) is 3.93. The number of amides is 1. The SMILES string of the molecule is CC(C)NC(=O)c1coc(C[NH+](Cc2ccc(F)cc2)Cc2ccc(Cl)cc2Cl)n1. The Labute approximate surface area is 184 Å². The molecule has 0 aliphatic rings. The number of nitrogens with one attached hydrogen (secondary N) is 2. The van der Waals surface area contributed by atoms with Crippen LogP contribution in [-0.2, 0) is 19.6 Å². The first kappa shape index (κ1) is 22.3. The molecule has 0 aliphatic carbocycles. The van der Waals surface area contributed by atoms with Gasteiger partial charge < -0.3 is 14.6 Å². The number of hydrogen-bond donors (Lipinski definition) is 2. The van der Waals surface area contributed by atoms with Gasteiger partial charge in [0.25, 0.3) is 11.8 Å². The second-order valence-corrected chi connectivity index (χ2v) is 8.24. The summed E-state index contributed by atoms with van der Waals surface area (Å²) < 4.78 is 18.8. The molecule has 1 heterocycles. The minimum absolute atomic E-state index is 0.00490. The predicted octanol–water partition coefficient (Wildman–Crippen LogP) is 4.04. The summed E-state index contributed by atoms with van der Waals surface area (Å²) >= 11 is 12.4. The molecule has 0 fully saturated rings. The van der Waals surface area contributed by atoms with Gasteiger partial charge in [-0.25, -0.2) is 9.37 Å². The van der Waals surface area contributed by atoms with Crippen LogP contribution in [0.15, 0.2) is 53.1 Å². The number of aromatic nitrogens is 1. The van der Waals surface area contributed by atoms with Crippen LogP contribution in [0.25, 0.3) is 0 Å². The van der Waals surface area contributed by atoms with E-state index in [1.807, 2.05) is 19.9 Å². The van der Waals surface area contributed by atoms with Crippen molar-refractivity contribution in [2.75, 3.05) is 0 Å². The Bertz CT molecular complexity index is 1010. The Kier molecular flexibility index (Phi) is 7.48. The quantitative estimate of drug-likeness (QED) is 0.544. The van der Waals surface area contributed by atoms with Crippen LogP contribution in [0.2, 0.25) is 10.0 Å². The molecule has 1 unspecified atom stereocenters. The molecule has 0 bridgehead atoms. The fraction of sp³-hybridized carbons (Fsp3) is 0.273. The number of nitrogens with zero attached hydrogens (tertiary/aromatic N) is 1. The van der Waals surface area contributed by atoms with Crippen LogP contribution < -0.4 is 10.2 Å². The highest BCUT2D eigenvalue weighted by molar-refractivity contribution is 6.35. The van der Waals surface area contributed by atoms with Gasteiger partial charge in [0.1, 0.15) is 25.2 Å². The molecule has 30 heavy (non-hydrogen) atoms. The van der Waals surface area contributed by atoms with Gasteiger partial charge in [0.15, 0.2) is 12.2 Å². The first-order valence-electron chi connectivity index (χ1n) is 9.57. The first-order chi connectivity index (χ1) is 14.3. The monoisotopic (exact) mass is 450 g/mol. The van der Waals surface area contributed by atoms with Gasteiger partial charge in [-0.05, 0) is 38.1 Å². The fourth-order valence-corrected chi connectivity index (χ4v) is 3.53. The predicted molar refractivity (Wildman–Crippen MR) is 114 cm³/mol. The van der Waals surface area contributed by atoms with Crippen molar-refractivity contribution >= 4 is 29.1 Å². The third-order valence-electron chi connectivity index (χ3n) is 4.43. The van der Waals surface area contributed by atoms with E-state index >= 15 is 0 Å². The molecule has 5 nitrogen and oxygen atoms in total. The second-order valence-electron chi connectivity index (χ2n) is 7.40. The lowest BCUT2D eigenvalue weighted by Gasteiger charge is -2.19. The van der Waals surface area contributed by atoms with Gasteiger partial charge >= 0.3 is 0 Å². The molecule has 3 aromatic rings. The van der Waals surface area contributed by atoms with Gasteiger partial charge in [-0.15, -0.1) is 0 Å². The minimum Gasteiger partial charge on any atom is -0.443 e. The van der Waals surface area contributed by atoms with Crippen molar-refractivity contribution in [1.29, 1.82) is 0 Å². The number of carbonyl (C=O) groups excluding carboxylic acids is 1. The largest absolute Gasteiger partial charge is 0.443 e. The maximum absolute atomic E-state index is 13.3. The van der Waals surface area contributed by atoms with Crippen LogP contribution >= 0.6 is 23.2 Å². The smallest absolute Gasteiger partial charge is 0.273 e. The summed E-state index contributed by atoms with van der Waals surface area (Å²) in [5.74, 6) is -0.124. The molecule has 1 aromatic heterocycles. The van der Waals surface area contributed by atoms with Gasteiger partial charge in [-0.1, -0.05) is 41.4 Å². The third-order valence-corrected chi connectivity index (χ3v) is 5.02. The summed E-state index contributed by atoms with van der Waals surface area (Å²) in [4.78, 5) is 17.5. The third kappa shape index (κ3) is 6.29. The summed E-state index contributed by atoms with van der Waals surface area (Å²) in [6.45, 7) is 5.34. The number of halogens is 3. The number of carbonyl (C=O) groups is 1. The van der Waals surface area contributed by atoms with Crippen molar-refractivity contribution in [3.8, 4) is 0 Å². The molecule has 0 spiro atoms. The van der Waals surface area contributed by atoms with Crippen molar-refractivity contribution in [2.24, 2.45) is 0 Å². The first-order valence-corrected chi connectivity index (χ1v) is 10.3. The van der Waals surface area contributed by atoms with Crippen molar-refractivity contribution in [2.45, 2.75) is 39.5 Å². The topological polar surface area (TPSA) is 59.6 Å². The van der Waals surface area contributed by atoms with Gasteiger partial charge in [-0.2, -0.15) is 0 Å². The number of hydrogen-bond acceptors (Lipinski definition) is 3. The maximum atomic E-state index is 13.3. The normalized spacial score (nSPS) is 12.2. The van der Waals surface area contributed by atoms with Crippen molar-refractivity contribution in [1.82, 2.24) is 10.3 Å². The number of rotatable bonds is 8. The lowest BCUT2D eigenvalue weighted by atomic mass is 10.1. The Morgan fingerprint density at radius 3 is 2.53 bits per heavy atom. The van der Waals surface area contributed by atoms with E-state index in [-0.39, 0.29) is 23.5 Å². The van der Waals surface area contributed by atoms with Crippen LogP contribution in [0.3, 0.4) is 0 Å². The summed E-state index contributed by atoms with van der Waals surface area (Å²) in [6.07, 6.45) is 1.36. The number of oxazole rings is 1. The van der Waals surface area contributed by atoms with Crippen LogP contribution in [0.1, 0.15) is 41.4 Å². The standard InChI is InChI=1S/C22H22Cl2FN3O2/c1-14(2)26-22(29)20-13-30-21(27-20)12-28(10-15-3-7-18(25)8-4-15)11-16-5-6-17(23)9-19(16)24/h3-9,13-14H,10-12H2,1-2H3,(H,26,29)/p+1. The van der Waals surface area contributed by atoms with Crippen molar-refractivity contribution in [3.05, 3.63) is 87.3 Å². The van der Waals surface area contributed by atoms with E-state index in [1.54, 1.807) is 24.3 Å². The molecule has 2 N–H and O–H groups in total. The van der Waals surface area contributed by atoms with Gasteiger partial charge in [-0.3, -0.25) is 4.79 Å². The Morgan fingerprint density at radius 2 is 1.87 bits per heavy atom. The molecule has 0 saturated heterocycles. The molecule has 2 aromatic carbocycles. The highest BCUT2D eigenvalue weighted by Crippen LogP contribution is 2.20. The average Bonchev–Trinajstić information content (AvgIpc) is 3.14. The van der Waals surface area contributed by atoms with Crippen molar-refractivity contribution < 1.29 is 18.5 Å². The summed E-state index contributed by atoms with van der Waals surface area (Å²) in [7, 11) is 0. The van der Waals surface area contributed by atoms with E-state index in [4.69, 9.17) is 27.6 Å². The van der Waals surface area contributed by atoms with E-state index in [1.165, 1.54) is 18.4 Å². The summed E-state index contributed by atoms with van der Waals surface area (Å²) in [5.41, 5.74) is 2.12. The molecule has 0 saturated carbocycles. The molecule has 1 amide bonds. The molecule has 158 valence electrons. The van der Waals surface area contributed by atoms with E-state index in [0.717, 1.165) is 16.0 Å². The average molecular weight is 451 g/mol. The Balaban J connectivity index is 1.79. The molecule has 0 radical (unpaired) electrons. The highest BCUT2D eigenvalue weighted by Gasteiger charge is 2.19. The van der Waals surface area contributed by atoms with E-state index in [9.17, 15) is 9.18 Å². The number of quaternary nitrogens is 1. The van der Waals surface area contributed by atoms with Crippen LogP contribution in [0, 0.1) is 5.82 Å². The molecular weight excluding hydrogens is 428 g/mol. The van der Waals surface area contributed by atoms with E-state index < -0.39 is 0 Å². The zero-order valence-corrected chi connectivity index (χ0v) is 18.2. The Hall–Kier alpha value is -2.41. The van der Waals surface area contributed by atoms with Crippen LogP contribution in [-0.4, -0.2) is 16.9 Å². The lowest BCUT2D eigenvalue weighted by Crippen LogP contribution is -3.08. The molecule has 0 aliphatic heterocycles. The van der Waals surface area contributed by atoms with Crippen LogP contribution in [0.4, 0.5) is 4.39 Å². The lowest BCUT2D eigenvalue weighted by molar-refractivity contribution is -0.942. The minimum atomic E-state index is -0.283. The Morgan fingerprint density at radius 1 is 1.13 bits per heavy atom. The van der Waals surface area contributed by atoms with Crippen LogP contribution in [0.5, 0.6) is 0 Å².